The highest BCUT2D eigenvalue weighted by Gasteiger charge is 2.03. The van der Waals surface area contributed by atoms with Crippen LogP contribution in [-0.4, -0.2) is 24.0 Å². The van der Waals surface area contributed by atoms with Crippen LogP contribution in [0, 0.1) is 0 Å². The highest BCUT2D eigenvalue weighted by molar-refractivity contribution is 5.93. The monoisotopic (exact) mass is 320 g/mol. The van der Waals surface area contributed by atoms with Crippen LogP contribution >= 0.6 is 12.4 Å². The lowest BCUT2D eigenvalue weighted by atomic mass is 10.1. The van der Waals surface area contributed by atoms with E-state index in [0.717, 1.165) is 25.2 Å². The molecule has 0 bridgehead atoms. The van der Waals surface area contributed by atoms with Crippen molar-refractivity contribution in [3.05, 3.63) is 59.9 Å². The molecule has 1 aromatic heterocycles. The van der Waals surface area contributed by atoms with Crippen molar-refractivity contribution in [1.29, 1.82) is 0 Å². The average molecular weight is 321 g/mol. The SMILES string of the molecule is CCCOc1ccc(CCNC(=O)c2ccncc2)cc1.Cl. The van der Waals surface area contributed by atoms with Gasteiger partial charge in [-0.25, -0.2) is 0 Å². The molecular formula is C17H21ClN2O2. The van der Waals surface area contributed by atoms with Crippen LogP contribution in [0.3, 0.4) is 0 Å². The van der Waals surface area contributed by atoms with Crippen molar-refractivity contribution in [3.63, 3.8) is 0 Å². The molecule has 1 aromatic carbocycles. The maximum atomic E-state index is 11.8. The Hall–Kier alpha value is -2.07. The Morgan fingerprint density at radius 1 is 1.14 bits per heavy atom. The van der Waals surface area contributed by atoms with Gasteiger partial charge in [-0.15, -0.1) is 12.4 Å². The Morgan fingerprint density at radius 3 is 2.45 bits per heavy atom. The normalized spacial score (nSPS) is 9.68. The third-order valence-electron chi connectivity index (χ3n) is 3.04. The first kappa shape index (κ1) is 18.0. The summed E-state index contributed by atoms with van der Waals surface area (Å²) in [5.41, 5.74) is 1.81. The lowest BCUT2D eigenvalue weighted by molar-refractivity contribution is 0.0954. The summed E-state index contributed by atoms with van der Waals surface area (Å²) in [5, 5.41) is 2.90. The fourth-order valence-corrected chi connectivity index (χ4v) is 1.90. The van der Waals surface area contributed by atoms with Crippen LogP contribution in [0.1, 0.15) is 29.3 Å². The second-order valence-electron chi connectivity index (χ2n) is 4.73. The molecular weight excluding hydrogens is 300 g/mol. The Kier molecular flexibility index (Phi) is 8.00. The number of halogens is 1. The molecule has 1 N–H and O–H groups in total. The van der Waals surface area contributed by atoms with E-state index in [1.54, 1.807) is 24.5 Å². The van der Waals surface area contributed by atoms with Gasteiger partial charge in [-0.2, -0.15) is 0 Å². The van der Waals surface area contributed by atoms with E-state index in [1.165, 1.54) is 5.56 Å². The van der Waals surface area contributed by atoms with E-state index in [1.807, 2.05) is 24.3 Å². The van der Waals surface area contributed by atoms with E-state index in [9.17, 15) is 4.79 Å². The number of carbonyl (C=O) groups is 1. The number of rotatable bonds is 7. The molecule has 22 heavy (non-hydrogen) atoms. The summed E-state index contributed by atoms with van der Waals surface area (Å²) in [6.45, 7) is 3.43. The smallest absolute Gasteiger partial charge is 0.251 e. The molecule has 2 aromatic rings. The van der Waals surface area contributed by atoms with Gasteiger partial charge >= 0.3 is 0 Å². The molecule has 0 aliphatic rings. The molecule has 0 atom stereocenters. The molecule has 1 heterocycles. The van der Waals surface area contributed by atoms with E-state index in [2.05, 4.69) is 17.2 Å². The highest BCUT2D eigenvalue weighted by atomic mass is 35.5. The highest BCUT2D eigenvalue weighted by Crippen LogP contribution is 2.12. The molecule has 118 valence electrons. The Labute approximate surface area is 137 Å². The lowest BCUT2D eigenvalue weighted by Gasteiger charge is -2.07. The summed E-state index contributed by atoms with van der Waals surface area (Å²) in [6, 6.07) is 11.4. The number of nitrogens with zero attached hydrogens (tertiary/aromatic N) is 1. The van der Waals surface area contributed by atoms with Crippen LogP contribution in [-0.2, 0) is 6.42 Å². The van der Waals surface area contributed by atoms with Gasteiger partial charge < -0.3 is 10.1 Å². The molecule has 0 fully saturated rings. The molecule has 2 rings (SSSR count). The number of nitrogens with one attached hydrogen (secondary N) is 1. The van der Waals surface area contributed by atoms with Crippen molar-refractivity contribution >= 4 is 18.3 Å². The summed E-state index contributed by atoms with van der Waals surface area (Å²) < 4.78 is 5.54. The predicted octanol–water partition coefficient (Wildman–Crippen LogP) is 3.26. The number of hydrogen-bond donors (Lipinski definition) is 1. The van der Waals surface area contributed by atoms with Gasteiger partial charge in [-0.05, 0) is 42.7 Å². The van der Waals surface area contributed by atoms with E-state index in [4.69, 9.17) is 4.74 Å². The summed E-state index contributed by atoms with van der Waals surface area (Å²) in [4.78, 5) is 15.7. The van der Waals surface area contributed by atoms with Crippen molar-refractivity contribution in [2.24, 2.45) is 0 Å². The van der Waals surface area contributed by atoms with Gasteiger partial charge in [0.15, 0.2) is 0 Å². The molecule has 4 nitrogen and oxygen atoms in total. The zero-order valence-electron chi connectivity index (χ0n) is 12.6. The van der Waals surface area contributed by atoms with Crippen LogP contribution in [0.25, 0.3) is 0 Å². The molecule has 0 saturated carbocycles. The zero-order chi connectivity index (χ0) is 14.9. The Bertz CT molecular complexity index is 559. The van der Waals surface area contributed by atoms with E-state index in [-0.39, 0.29) is 18.3 Å². The molecule has 0 aliphatic heterocycles. The van der Waals surface area contributed by atoms with Crippen molar-refractivity contribution in [1.82, 2.24) is 10.3 Å². The molecule has 5 heteroatoms. The van der Waals surface area contributed by atoms with E-state index < -0.39 is 0 Å². The standard InChI is InChI=1S/C17H20N2O2.ClH/c1-2-13-21-16-5-3-14(4-6-16)7-12-19-17(20)15-8-10-18-11-9-15;/h3-6,8-11H,2,7,12-13H2,1H3,(H,19,20);1H. The maximum Gasteiger partial charge on any atom is 0.251 e. The second kappa shape index (κ2) is 9.79. The minimum Gasteiger partial charge on any atom is -0.494 e. The third kappa shape index (κ3) is 5.74. The summed E-state index contributed by atoms with van der Waals surface area (Å²) >= 11 is 0. The quantitative estimate of drug-likeness (QED) is 0.852. The minimum atomic E-state index is -0.0692. The fourth-order valence-electron chi connectivity index (χ4n) is 1.90. The topological polar surface area (TPSA) is 51.2 Å². The molecule has 0 spiro atoms. The summed E-state index contributed by atoms with van der Waals surface area (Å²) in [6.07, 6.45) is 5.03. The summed E-state index contributed by atoms with van der Waals surface area (Å²) in [7, 11) is 0. The van der Waals surface area contributed by atoms with Gasteiger partial charge in [0.2, 0.25) is 0 Å². The largest absolute Gasteiger partial charge is 0.494 e. The number of carbonyl (C=O) groups excluding carboxylic acids is 1. The molecule has 1 amide bonds. The molecule has 0 saturated heterocycles. The predicted molar refractivity (Wildman–Crippen MR) is 89.8 cm³/mol. The van der Waals surface area contributed by atoms with Crippen LogP contribution in [0.4, 0.5) is 0 Å². The average Bonchev–Trinajstić information content (AvgIpc) is 2.55. The van der Waals surface area contributed by atoms with Crippen LogP contribution in [0.15, 0.2) is 48.8 Å². The van der Waals surface area contributed by atoms with Crippen LogP contribution < -0.4 is 10.1 Å². The number of benzene rings is 1. The van der Waals surface area contributed by atoms with Crippen LogP contribution in [0.5, 0.6) is 5.75 Å². The molecule has 0 aliphatic carbocycles. The zero-order valence-corrected chi connectivity index (χ0v) is 13.4. The number of ether oxygens (including phenoxy) is 1. The summed E-state index contributed by atoms with van der Waals surface area (Å²) in [5.74, 6) is 0.821. The van der Waals surface area contributed by atoms with E-state index >= 15 is 0 Å². The van der Waals surface area contributed by atoms with Gasteiger partial charge in [0, 0.05) is 24.5 Å². The first-order valence-corrected chi connectivity index (χ1v) is 7.19. The van der Waals surface area contributed by atoms with Crippen molar-refractivity contribution in [2.75, 3.05) is 13.2 Å². The third-order valence-corrected chi connectivity index (χ3v) is 3.04. The number of pyridine rings is 1. The van der Waals surface area contributed by atoms with Crippen molar-refractivity contribution < 1.29 is 9.53 Å². The fraction of sp³-hybridized carbons (Fsp3) is 0.294. The van der Waals surface area contributed by atoms with Crippen molar-refractivity contribution in [3.8, 4) is 5.75 Å². The lowest BCUT2D eigenvalue weighted by Crippen LogP contribution is -2.25. The van der Waals surface area contributed by atoms with Gasteiger partial charge in [0.1, 0.15) is 5.75 Å². The molecule has 0 unspecified atom stereocenters. The van der Waals surface area contributed by atoms with Crippen molar-refractivity contribution in [2.45, 2.75) is 19.8 Å². The van der Waals surface area contributed by atoms with Gasteiger partial charge in [0.25, 0.3) is 5.91 Å². The Morgan fingerprint density at radius 2 is 1.82 bits per heavy atom. The first-order valence-electron chi connectivity index (χ1n) is 7.19. The second-order valence-corrected chi connectivity index (χ2v) is 4.73. The number of hydrogen-bond acceptors (Lipinski definition) is 3. The molecule has 0 radical (unpaired) electrons. The maximum absolute atomic E-state index is 11.8. The number of aromatic nitrogens is 1. The Balaban J connectivity index is 0.00000242. The van der Waals surface area contributed by atoms with Gasteiger partial charge in [-0.3, -0.25) is 9.78 Å². The minimum absolute atomic E-state index is 0. The van der Waals surface area contributed by atoms with Gasteiger partial charge in [-0.1, -0.05) is 19.1 Å². The van der Waals surface area contributed by atoms with Crippen LogP contribution in [0.2, 0.25) is 0 Å². The van der Waals surface area contributed by atoms with E-state index in [0.29, 0.717) is 12.1 Å². The number of amides is 1. The first-order chi connectivity index (χ1) is 10.3. The van der Waals surface area contributed by atoms with Gasteiger partial charge in [0.05, 0.1) is 6.61 Å².